The van der Waals surface area contributed by atoms with Crippen molar-refractivity contribution in [3.63, 3.8) is 0 Å². The molecule has 0 aliphatic rings. The van der Waals surface area contributed by atoms with E-state index in [0.717, 1.165) is 57.8 Å². The Bertz CT molecular complexity index is 1100. The van der Waals surface area contributed by atoms with Crippen LogP contribution in [0.15, 0.2) is 72.9 Å². The number of hydrogen-bond acceptors (Lipinski definition) is 8. The van der Waals surface area contributed by atoms with Crippen LogP contribution in [0.2, 0.25) is 0 Å². The first-order valence-electron chi connectivity index (χ1n) is 20.1. The number of carbonyl (C=O) groups is 3. The highest BCUT2D eigenvalue weighted by Crippen LogP contribution is 2.11. The van der Waals surface area contributed by atoms with Crippen molar-refractivity contribution in [1.29, 1.82) is 0 Å². The van der Waals surface area contributed by atoms with Gasteiger partial charge in [-0.25, -0.2) is 0 Å². The molecule has 0 aromatic carbocycles. The number of hydrogen-bond donors (Lipinski definition) is 0. The SMILES string of the molecule is CC/C=C\C/C=C\C/C=C\C/C=C\C/C=C\CC(=O)OC(COC(=O)CCCCCCC/C=C\CCCCCC)COC(OCC[N+](C)(C)C)C(=O)[O-]. The number of allylic oxidation sites excluding steroid dienone is 11. The van der Waals surface area contributed by atoms with Crippen LogP contribution in [0.4, 0.5) is 0 Å². The fraction of sp³-hybridized carbons (Fsp3) is 0.659. The molecule has 0 rings (SSSR count). The van der Waals surface area contributed by atoms with Gasteiger partial charge in [0.2, 0.25) is 0 Å². The molecule has 0 heterocycles. The van der Waals surface area contributed by atoms with E-state index in [4.69, 9.17) is 18.9 Å². The Balaban J connectivity index is 4.69. The molecule has 0 spiro atoms. The van der Waals surface area contributed by atoms with E-state index >= 15 is 0 Å². The second-order valence-corrected chi connectivity index (χ2v) is 14.2. The van der Waals surface area contributed by atoms with Crippen LogP contribution >= 0.6 is 0 Å². The van der Waals surface area contributed by atoms with Gasteiger partial charge in [0.15, 0.2) is 12.4 Å². The molecule has 0 aliphatic heterocycles. The van der Waals surface area contributed by atoms with Gasteiger partial charge in [-0.1, -0.05) is 125 Å². The van der Waals surface area contributed by atoms with Gasteiger partial charge < -0.3 is 33.3 Å². The number of esters is 2. The van der Waals surface area contributed by atoms with Gasteiger partial charge in [0, 0.05) is 6.42 Å². The lowest BCUT2D eigenvalue weighted by Crippen LogP contribution is -2.44. The minimum absolute atomic E-state index is 0.0105. The number of aliphatic carboxylic acids is 1. The largest absolute Gasteiger partial charge is 0.545 e. The molecule has 0 N–H and O–H groups in total. The Kier molecular flexibility index (Phi) is 33.5. The summed E-state index contributed by atoms with van der Waals surface area (Å²) in [4.78, 5) is 36.7. The number of carbonyl (C=O) groups excluding carboxylic acids is 3. The maximum absolute atomic E-state index is 12.6. The van der Waals surface area contributed by atoms with Gasteiger partial charge >= 0.3 is 11.9 Å². The van der Waals surface area contributed by atoms with Crippen LogP contribution in [-0.4, -0.2) is 82.3 Å². The van der Waals surface area contributed by atoms with Crippen molar-refractivity contribution in [1.82, 2.24) is 0 Å². The number of carboxylic acid groups (broad SMARTS) is 1. The van der Waals surface area contributed by atoms with E-state index < -0.39 is 30.3 Å². The smallest absolute Gasteiger partial charge is 0.310 e. The second-order valence-electron chi connectivity index (χ2n) is 14.2. The summed E-state index contributed by atoms with van der Waals surface area (Å²) in [6.07, 6.45) is 39.6. The van der Waals surface area contributed by atoms with Crippen molar-refractivity contribution < 1.29 is 42.9 Å². The fourth-order valence-corrected chi connectivity index (χ4v) is 4.84. The molecule has 0 saturated heterocycles. The Morgan fingerprint density at radius 3 is 1.68 bits per heavy atom. The zero-order chi connectivity index (χ0) is 39.3. The monoisotopic (exact) mass is 744 g/mol. The Morgan fingerprint density at radius 2 is 1.13 bits per heavy atom. The summed E-state index contributed by atoms with van der Waals surface area (Å²) in [6, 6.07) is 0. The van der Waals surface area contributed by atoms with Crippen molar-refractivity contribution in [2.24, 2.45) is 0 Å². The van der Waals surface area contributed by atoms with Crippen LogP contribution < -0.4 is 5.11 Å². The molecule has 0 aromatic rings. The average Bonchev–Trinajstić information content (AvgIpc) is 3.11. The maximum atomic E-state index is 12.6. The third-order valence-electron chi connectivity index (χ3n) is 7.97. The van der Waals surface area contributed by atoms with Gasteiger partial charge in [0.25, 0.3) is 0 Å². The number of rotatable bonds is 35. The highest BCUT2D eigenvalue weighted by molar-refractivity contribution is 5.71. The molecule has 0 fully saturated rings. The summed E-state index contributed by atoms with van der Waals surface area (Å²) in [7, 11) is 5.86. The average molecular weight is 744 g/mol. The first kappa shape index (κ1) is 49.7. The summed E-state index contributed by atoms with van der Waals surface area (Å²) in [5, 5.41) is 11.6. The molecule has 0 amide bonds. The number of ether oxygens (including phenoxy) is 4. The maximum Gasteiger partial charge on any atom is 0.310 e. The number of nitrogens with zero attached hydrogens (tertiary/aromatic N) is 1. The second kappa shape index (κ2) is 35.7. The molecular formula is C44H73NO8. The molecule has 0 aromatic heterocycles. The molecule has 0 aliphatic carbocycles. The molecule has 302 valence electrons. The van der Waals surface area contributed by atoms with Crippen LogP contribution in [0.1, 0.15) is 129 Å². The first-order valence-corrected chi connectivity index (χ1v) is 20.1. The molecule has 0 radical (unpaired) electrons. The molecule has 0 bridgehead atoms. The van der Waals surface area contributed by atoms with Crippen LogP contribution in [0.25, 0.3) is 0 Å². The summed E-state index contributed by atoms with van der Waals surface area (Å²) < 4.78 is 22.3. The molecule has 2 atom stereocenters. The predicted molar refractivity (Wildman–Crippen MR) is 214 cm³/mol. The molecule has 53 heavy (non-hydrogen) atoms. The van der Waals surface area contributed by atoms with Gasteiger partial charge in [0.1, 0.15) is 13.2 Å². The molecular weight excluding hydrogens is 670 g/mol. The van der Waals surface area contributed by atoms with Crippen LogP contribution in [0.3, 0.4) is 0 Å². The van der Waals surface area contributed by atoms with Gasteiger partial charge in [-0.2, -0.15) is 0 Å². The van der Waals surface area contributed by atoms with E-state index in [0.29, 0.717) is 23.9 Å². The zero-order valence-electron chi connectivity index (χ0n) is 33.9. The van der Waals surface area contributed by atoms with Crippen molar-refractivity contribution in [3.8, 4) is 0 Å². The van der Waals surface area contributed by atoms with Gasteiger partial charge in [-0.15, -0.1) is 0 Å². The van der Waals surface area contributed by atoms with Crippen LogP contribution in [0.5, 0.6) is 0 Å². The fourth-order valence-electron chi connectivity index (χ4n) is 4.84. The lowest BCUT2D eigenvalue weighted by atomic mass is 10.1. The van der Waals surface area contributed by atoms with Gasteiger partial charge in [0.05, 0.1) is 46.7 Å². The number of carboxylic acids is 1. The normalized spacial score (nSPS) is 13.8. The highest BCUT2D eigenvalue weighted by atomic mass is 16.7. The zero-order valence-corrected chi connectivity index (χ0v) is 33.9. The van der Waals surface area contributed by atoms with E-state index in [1.807, 2.05) is 33.3 Å². The summed E-state index contributed by atoms with van der Waals surface area (Å²) in [5.74, 6) is -2.48. The first-order chi connectivity index (χ1) is 25.6. The van der Waals surface area contributed by atoms with E-state index in [-0.39, 0.29) is 32.7 Å². The summed E-state index contributed by atoms with van der Waals surface area (Å²) in [5.41, 5.74) is 0. The van der Waals surface area contributed by atoms with Crippen LogP contribution in [0, 0.1) is 0 Å². The highest BCUT2D eigenvalue weighted by Gasteiger charge is 2.21. The predicted octanol–water partition coefficient (Wildman–Crippen LogP) is 8.66. The van der Waals surface area contributed by atoms with E-state index in [1.54, 1.807) is 6.08 Å². The number of unbranched alkanes of at least 4 members (excludes halogenated alkanes) is 9. The molecule has 9 heteroatoms. The standard InChI is InChI=1S/C44H73NO8/c1-6-8-10-12-14-16-18-20-21-23-25-27-29-31-33-35-42(47)53-40(39-52-44(43(48)49)50-37-36-45(3,4)5)38-51-41(46)34-32-30-28-26-24-22-19-17-15-13-11-9-7-2/h8,10,14,16-17,19-21,25,27,31,33,40,44H,6-7,9,11-13,15,18,22-24,26,28-30,32,34-39H2,1-5H3/b10-8-,16-14-,19-17-,21-20-,27-25-,33-31-. The van der Waals surface area contributed by atoms with Crippen molar-refractivity contribution in [2.75, 3.05) is 47.5 Å². The lowest BCUT2D eigenvalue weighted by molar-refractivity contribution is -0.870. The third-order valence-corrected chi connectivity index (χ3v) is 7.97. The summed E-state index contributed by atoms with van der Waals surface area (Å²) in [6.45, 7) is 4.45. The van der Waals surface area contributed by atoms with Crippen molar-refractivity contribution in [2.45, 2.75) is 142 Å². The van der Waals surface area contributed by atoms with E-state index in [9.17, 15) is 19.5 Å². The third kappa shape index (κ3) is 36.9. The minimum Gasteiger partial charge on any atom is -0.545 e. The molecule has 2 unspecified atom stereocenters. The topological polar surface area (TPSA) is 111 Å². The Morgan fingerprint density at radius 1 is 0.604 bits per heavy atom. The van der Waals surface area contributed by atoms with E-state index in [1.165, 1.54) is 32.1 Å². The number of likely N-dealkylation sites (N-methyl/N-ethyl adjacent to an activating group) is 1. The summed E-state index contributed by atoms with van der Waals surface area (Å²) >= 11 is 0. The van der Waals surface area contributed by atoms with Crippen LogP contribution in [-0.2, 0) is 33.3 Å². The molecule has 0 saturated carbocycles. The quantitative estimate of drug-likeness (QED) is 0.0209. The molecule has 9 nitrogen and oxygen atoms in total. The van der Waals surface area contributed by atoms with E-state index in [2.05, 4.69) is 68.5 Å². The lowest BCUT2D eigenvalue weighted by Gasteiger charge is -2.26. The van der Waals surface area contributed by atoms with Gasteiger partial charge in [-0.3, -0.25) is 9.59 Å². The van der Waals surface area contributed by atoms with Crippen molar-refractivity contribution >= 4 is 17.9 Å². The Hall–Kier alpha value is -3.27. The van der Waals surface area contributed by atoms with Gasteiger partial charge in [-0.05, 0) is 64.2 Å². The van der Waals surface area contributed by atoms with Crippen molar-refractivity contribution in [3.05, 3.63) is 72.9 Å². The minimum atomic E-state index is -1.65. The Labute approximate surface area is 322 Å². The number of quaternary nitrogens is 1.